The Balaban J connectivity index is 1.64. The van der Waals surface area contributed by atoms with E-state index in [-0.39, 0.29) is 17.7 Å². The van der Waals surface area contributed by atoms with E-state index in [1.165, 1.54) is 0 Å². The molecule has 0 saturated heterocycles. The molecule has 1 unspecified atom stereocenters. The van der Waals surface area contributed by atoms with E-state index >= 15 is 0 Å². The van der Waals surface area contributed by atoms with Gasteiger partial charge in [-0.3, -0.25) is 9.59 Å². The van der Waals surface area contributed by atoms with Crippen LogP contribution in [0.4, 0.5) is 0 Å². The van der Waals surface area contributed by atoms with Crippen LogP contribution in [0.2, 0.25) is 0 Å². The van der Waals surface area contributed by atoms with Crippen LogP contribution in [0.5, 0.6) is 0 Å². The van der Waals surface area contributed by atoms with E-state index in [4.69, 9.17) is 9.47 Å². The highest BCUT2D eigenvalue weighted by molar-refractivity contribution is 5.99. The Bertz CT molecular complexity index is 488. The lowest BCUT2D eigenvalue weighted by molar-refractivity contribution is -0.155. The van der Waals surface area contributed by atoms with E-state index < -0.39 is 5.92 Å². The minimum absolute atomic E-state index is 0.0364. The molecule has 0 N–H and O–H groups in total. The van der Waals surface area contributed by atoms with Gasteiger partial charge >= 0.3 is 11.9 Å². The maximum Gasteiger partial charge on any atom is 0.333 e. The second kappa shape index (κ2) is 9.00. The first-order valence-corrected chi connectivity index (χ1v) is 8.99. The molecule has 0 aromatic carbocycles. The number of ether oxygens (including phenoxy) is 2. The summed E-state index contributed by atoms with van der Waals surface area (Å²) in [4.78, 5) is 35.2. The smallest absolute Gasteiger partial charge is 0.333 e. The summed E-state index contributed by atoms with van der Waals surface area (Å²) in [6.45, 7) is 6.05. The lowest BCUT2D eigenvalue weighted by atomic mass is 9.83. The zero-order valence-electron chi connectivity index (χ0n) is 14.6. The number of carbonyl (C=O) groups is 3. The third kappa shape index (κ3) is 5.46. The average Bonchev–Trinajstić information content (AvgIpc) is 2.58. The molecule has 2 rings (SSSR count). The van der Waals surface area contributed by atoms with Gasteiger partial charge in [0.1, 0.15) is 11.7 Å². The van der Waals surface area contributed by atoms with Crippen LogP contribution < -0.4 is 0 Å². The van der Waals surface area contributed by atoms with Gasteiger partial charge in [-0.1, -0.05) is 13.0 Å². The molecule has 2 aliphatic rings. The second-order valence-electron chi connectivity index (χ2n) is 7.16. The Labute approximate surface area is 143 Å². The molecule has 0 bridgehead atoms. The van der Waals surface area contributed by atoms with Gasteiger partial charge < -0.3 is 9.47 Å². The van der Waals surface area contributed by atoms with E-state index in [0.717, 1.165) is 38.5 Å². The molecule has 5 heteroatoms. The molecule has 0 heterocycles. The summed E-state index contributed by atoms with van der Waals surface area (Å²) in [5, 5.41) is 0. The largest absolute Gasteiger partial charge is 0.465 e. The molecule has 1 atom stereocenters. The summed E-state index contributed by atoms with van der Waals surface area (Å²) in [5.74, 6) is -0.438. The molecule has 2 aliphatic carbocycles. The van der Waals surface area contributed by atoms with Gasteiger partial charge in [-0.05, 0) is 57.3 Å². The first-order valence-electron chi connectivity index (χ1n) is 8.99. The summed E-state index contributed by atoms with van der Waals surface area (Å²) >= 11 is 0. The quantitative estimate of drug-likeness (QED) is 0.423. The molecule has 0 aliphatic heterocycles. The SMILES string of the molecule is C=C(C)C(=O)OCC1CCC(COC(=O)C2CCCCC2=O)CC1. The van der Waals surface area contributed by atoms with Crippen molar-refractivity contribution in [3.8, 4) is 0 Å². The van der Waals surface area contributed by atoms with Crippen molar-refractivity contribution < 1.29 is 23.9 Å². The van der Waals surface area contributed by atoms with Gasteiger partial charge in [-0.15, -0.1) is 0 Å². The van der Waals surface area contributed by atoms with Crippen LogP contribution in [0.15, 0.2) is 12.2 Å². The summed E-state index contributed by atoms with van der Waals surface area (Å²) in [6.07, 6.45) is 6.82. The number of carbonyl (C=O) groups excluding carboxylic acids is 3. The Morgan fingerprint density at radius 3 is 2.12 bits per heavy atom. The number of hydrogen-bond acceptors (Lipinski definition) is 5. The molecular formula is C19H28O5. The third-order valence-electron chi connectivity index (χ3n) is 5.07. The van der Waals surface area contributed by atoms with Crippen molar-refractivity contribution in [2.24, 2.45) is 17.8 Å². The molecule has 0 spiro atoms. The lowest BCUT2D eigenvalue weighted by Gasteiger charge is -2.28. The highest BCUT2D eigenvalue weighted by atomic mass is 16.5. The number of hydrogen-bond donors (Lipinski definition) is 0. The molecule has 0 aromatic heterocycles. The van der Waals surface area contributed by atoms with Gasteiger partial charge in [0.05, 0.1) is 13.2 Å². The maximum absolute atomic E-state index is 12.0. The molecule has 5 nitrogen and oxygen atoms in total. The van der Waals surface area contributed by atoms with Crippen molar-refractivity contribution in [3.05, 3.63) is 12.2 Å². The summed E-state index contributed by atoms with van der Waals surface area (Å²) in [6, 6.07) is 0. The van der Waals surface area contributed by atoms with Crippen LogP contribution >= 0.6 is 0 Å². The molecule has 24 heavy (non-hydrogen) atoms. The van der Waals surface area contributed by atoms with E-state index in [2.05, 4.69) is 6.58 Å². The third-order valence-corrected chi connectivity index (χ3v) is 5.07. The number of rotatable bonds is 6. The molecule has 134 valence electrons. The fourth-order valence-corrected chi connectivity index (χ4v) is 3.41. The predicted molar refractivity (Wildman–Crippen MR) is 89.1 cm³/mol. The Morgan fingerprint density at radius 1 is 1.00 bits per heavy atom. The van der Waals surface area contributed by atoms with Crippen LogP contribution in [0.3, 0.4) is 0 Å². The van der Waals surface area contributed by atoms with Crippen LogP contribution in [0, 0.1) is 17.8 Å². The van der Waals surface area contributed by atoms with E-state index in [0.29, 0.717) is 43.5 Å². The van der Waals surface area contributed by atoms with Gasteiger partial charge in [0.15, 0.2) is 0 Å². The predicted octanol–water partition coefficient (Wildman–Crippen LogP) is 3.21. The van der Waals surface area contributed by atoms with E-state index in [1.54, 1.807) is 6.92 Å². The topological polar surface area (TPSA) is 69.7 Å². The van der Waals surface area contributed by atoms with E-state index in [9.17, 15) is 14.4 Å². The van der Waals surface area contributed by atoms with Crippen molar-refractivity contribution in [3.63, 3.8) is 0 Å². The van der Waals surface area contributed by atoms with Crippen molar-refractivity contribution in [1.29, 1.82) is 0 Å². The first-order chi connectivity index (χ1) is 11.5. The second-order valence-corrected chi connectivity index (χ2v) is 7.16. The summed E-state index contributed by atoms with van der Waals surface area (Å²) in [5.41, 5.74) is 0.424. The first kappa shape index (κ1) is 18.7. The van der Waals surface area contributed by atoms with E-state index in [1.807, 2.05) is 0 Å². The van der Waals surface area contributed by atoms with Gasteiger partial charge in [-0.2, -0.15) is 0 Å². The maximum atomic E-state index is 12.0. The highest BCUT2D eigenvalue weighted by Crippen LogP contribution is 2.30. The van der Waals surface area contributed by atoms with Gasteiger partial charge in [0.2, 0.25) is 0 Å². The molecule has 0 radical (unpaired) electrons. The monoisotopic (exact) mass is 336 g/mol. The molecule has 2 saturated carbocycles. The molecule has 0 aromatic rings. The van der Waals surface area contributed by atoms with Crippen molar-refractivity contribution in [2.45, 2.75) is 58.3 Å². The molecule has 2 fully saturated rings. The van der Waals surface area contributed by atoms with Gasteiger partial charge in [0, 0.05) is 12.0 Å². The Kier molecular flexibility index (Phi) is 7.00. The average molecular weight is 336 g/mol. The minimum atomic E-state index is -0.531. The fourth-order valence-electron chi connectivity index (χ4n) is 3.41. The van der Waals surface area contributed by atoms with Gasteiger partial charge in [-0.25, -0.2) is 4.79 Å². The number of Topliss-reactive ketones (excluding diaryl/α,β-unsaturated/α-hetero) is 1. The van der Waals surface area contributed by atoms with Crippen LogP contribution in [-0.4, -0.2) is 30.9 Å². The van der Waals surface area contributed by atoms with Crippen molar-refractivity contribution in [2.75, 3.05) is 13.2 Å². The fraction of sp³-hybridized carbons (Fsp3) is 0.737. The standard InChI is InChI=1S/C19H28O5/c1-13(2)18(21)23-11-14-7-9-15(10-8-14)12-24-19(22)16-5-3-4-6-17(16)20/h14-16H,1,3-12H2,2H3. The van der Waals surface area contributed by atoms with Gasteiger partial charge in [0.25, 0.3) is 0 Å². The minimum Gasteiger partial charge on any atom is -0.465 e. The lowest BCUT2D eigenvalue weighted by Crippen LogP contribution is -2.31. The van der Waals surface area contributed by atoms with Crippen LogP contribution in [0.25, 0.3) is 0 Å². The highest BCUT2D eigenvalue weighted by Gasteiger charge is 2.31. The Hall–Kier alpha value is -1.65. The van der Waals surface area contributed by atoms with Crippen LogP contribution in [0.1, 0.15) is 58.3 Å². The molecule has 0 amide bonds. The summed E-state index contributed by atoms with van der Waals surface area (Å²) in [7, 11) is 0. The van der Waals surface area contributed by atoms with Crippen molar-refractivity contribution >= 4 is 17.7 Å². The number of ketones is 1. The Morgan fingerprint density at radius 2 is 1.58 bits per heavy atom. The van der Waals surface area contributed by atoms with Crippen molar-refractivity contribution in [1.82, 2.24) is 0 Å². The number of esters is 2. The zero-order valence-corrected chi connectivity index (χ0v) is 14.6. The normalized spacial score (nSPS) is 27.4. The van der Waals surface area contributed by atoms with Crippen LogP contribution in [-0.2, 0) is 23.9 Å². The summed E-state index contributed by atoms with van der Waals surface area (Å²) < 4.78 is 10.6. The zero-order chi connectivity index (χ0) is 17.5. The molecular weight excluding hydrogens is 308 g/mol.